The molecule has 120 valence electrons. The molecule has 1 saturated carbocycles. The fourth-order valence-electron chi connectivity index (χ4n) is 2.54. The van der Waals surface area contributed by atoms with Crippen LogP contribution < -0.4 is 4.72 Å². The van der Waals surface area contributed by atoms with E-state index >= 15 is 0 Å². The Labute approximate surface area is 139 Å². The third kappa shape index (κ3) is 5.32. The molecule has 1 aromatic rings. The second kappa shape index (κ2) is 8.06. The molecule has 21 heavy (non-hydrogen) atoms. The number of hydrogen-bond acceptors (Lipinski definition) is 4. The fraction of sp³-hybridized carbons (Fsp3) is 0.714. The Kier molecular flexibility index (Phi) is 6.68. The standard InChI is InChI=1S/C14H22BrNO3S2/c1-11-13(10-14(15)20-11)21(17,18)16-8-5-9-19-12-6-3-2-4-7-12/h10,12,16H,2-9H2,1H3. The van der Waals surface area contributed by atoms with Gasteiger partial charge in [0.1, 0.15) is 0 Å². The van der Waals surface area contributed by atoms with E-state index in [1.54, 1.807) is 6.07 Å². The highest BCUT2D eigenvalue weighted by molar-refractivity contribution is 9.11. The van der Waals surface area contributed by atoms with Gasteiger partial charge in [-0.25, -0.2) is 13.1 Å². The maximum atomic E-state index is 12.2. The molecule has 1 fully saturated rings. The van der Waals surface area contributed by atoms with Crippen molar-refractivity contribution in [3.8, 4) is 0 Å². The summed E-state index contributed by atoms with van der Waals surface area (Å²) >= 11 is 4.75. The minimum Gasteiger partial charge on any atom is -0.378 e. The van der Waals surface area contributed by atoms with Gasteiger partial charge in [-0.15, -0.1) is 11.3 Å². The van der Waals surface area contributed by atoms with Gasteiger partial charge in [-0.3, -0.25) is 0 Å². The minimum atomic E-state index is -3.40. The van der Waals surface area contributed by atoms with Crippen molar-refractivity contribution in [3.05, 3.63) is 14.7 Å². The number of rotatable bonds is 7. The van der Waals surface area contributed by atoms with Gasteiger partial charge in [-0.05, 0) is 48.2 Å². The molecule has 0 atom stereocenters. The Morgan fingerprint density at radius 3 is 2.71 bits per heavy atom. The first kappa shape index (κ1) is 17.4. The summed E-state index contributed by atoms with van der Waals surface area (Å²) in [5.41, 5.74) is 0. The van der Waals surface area contributed by atoms with Crippen LogP contribution in [0.3, 0.4) is 0 Å². The van der Waals surface area contributed by atoms with E-state index in [0.29, 0.717) is 30.6 Å². The molecule has 0 spiro atoms. The lowest BCUT2D eigenvalue weighted by Crippen LogP contribution is -2.26. The molecule has 0 amide bonds. The van der Waals surface area contributed by atoms with Crippen molar-refractivity contribution in [1.29, 1.82) is 0 Å². The molecule has 7 heteroatoms. The van der Waals surface area contributed by atoms with Crippen molar-refractivity contribution in [2.45, 2.75) is 56.4 Å². The van der Waals surface area contributed by atoms with Crippen molar-refractivity contribution in [1.82, 2.24) is 4.72 Å². The van der Waals surface area contributed by atoms with Gasteiger partial charge < -0.3 is 4.74 Å². The van der Waals surface area contributed by atoms with E-state index in [1.807, 2.05) is 6.92 Å². The summed E-state index contributed by atoms with van der Waals surface area (Å²) in [6, 6.07) is 1.65. The van der Waals surface area contributed by atoms with E-state index in [0.717, 1.165) is 21.5 Å². The van der Waals surface area contributed by atoms with Crippen LogP contribution >= 0.6 is 27.3 Å². The molecule has 1 N–H and O–H groups in total. The first-order valence-corrected chi connectivity index (χ1v) is 10.5. The Morgan fingerprint density at radius 2 is 2.10 bits per heavy atom. The van der Waals surface area contributed by atoms with Crippen LogP contribution in [-0.4, -0.2) is 27.7 Å². The molecule has 0 aliphatic heterocycles. The van der Waals surface area contributed by atoms with E-state index in [1.165, 1.54) is 30.6 Å². The Bertz CT molecular complexity index is 551. The quantitative estimate of drug-likeness (QED) is 0.713. The number of sulfonamides is 1. The zero-order valence-corrected chi connectivity index (χ0v) is 15.4. The first-order chi connectivity index (χ1) is 9.99. The smallest absolute Gasteiger partial charge is 0.241 e. The number of nitrogens with one attached hydrogen (secondary N) is 1. The third-order valence-electron chi connectivity index (χ3n) is 3.65. The first-order valence-electron chi connectivity index (χ1n) is 7.36. The lowest BCUT2D eigenvalue weighted by Gasteiger charge is -2.21. The van der Waals surface area contributed by atoms with Crippen LogP contribution in [0, 0.1) is 6.92 Å². The molecule has 1 aliphatic rings. The molecule has 0 saturated heterocycles. The summed E-state index contributed by atoms with van der Waals surface area (Å²) in [6.45, 7) is 2.86. The lowest BCUT2D eigenvalue weighted by molar-refractivity contribution is 0.0278. The Hall–Kier alpha value is 0.0500. The van der Waals surface area contributed by atoms with Crippen LogP contribution in [0.5, 0.6) is 0 Å². The van der Waals surface area contributed by atoms with Gasteiger partial charge in [0, 0.05) is 18.0 Å². The van der Waals surface area contributed by atoms with Crippen molar-refractivity contribution < 1.29 is 13.2 Å². The largest absolute Gasteiger partial charge is 0.378 e. The lowest BCUT2D eigenvalue weighted by atomic mass is 9.98. The highest BCUT2D eigenvalue weighted by Crippen LogP contribution is 2.29. The molecule has 1 aromatic heterocycles. The van der Waals surface area contributed by atoms with Crippen LogP contribution in [0.15, 0.2) is 14.7 Å². The van der Waals surface area contributed by atoms with E-state index in [2.05, 4.69) is 20.7 Å². The van der Waals surface area contributed by atoms with E-state index in [4.69, 9.17) is 4.74 Å². The molecular formula is C14H22BrNO3S2. The number of halogens is 1. The van der Waals surface area contributed by atoms with E-state index < -0.39 is 10.0 Å². The maximum Gasteiger partial charge on any atom is 0.241 e. The Morgan fingerprint density at radius 1 is 1.38 bits per heavy atom. The van der Waals surface area contributed by atoms with Gasteiger partial charge in [-0.1, -0.05) is 19.3 Å². The van der Waals surface area contributed by atoms with Crippen molar-refractivity contribution in [2.24, 2.45) is 0 Å². The summed E-state index contributed by atoms with van der Waals surface area (Å²) in [5, 5.41) is 0. The highest BCUT2D eigenvalue weighted by Gasteiger charge is 2.19. The molecule has 0 bridgehead atoms. The predicted octanol–water partition coefficient (Wildman–Crippen LogP) is 3.84. The third-order valence-corrected chi connectivity index (χ3v) is 6.92. The van der Waals surface area contributed by atoms with Gasteiger partial charge in [0.2, 0.25) is 10.0 Å². The summed E-state index contributed by atoms with van der Waals surface area (Å²) in [6.07, 6.45) is 7.20. The van der Waals surface area contributed by atoms with E-state index in [-0.39, 0.29) is 0 Å². The summed E-state index contributed by atoms with van der Waals surface area (Å²) < 4.78 is 33.6. The van der Waals surface area contributed by atoms with E-state index in [9.17, 15) is 8.42 Å². The molecule has 1 aliphatic carbocycles. The van der Waals surface area contributed by atoms with Gasteiger partial charge in [-0.2, -0.15) is 0 Å². The highest BCUT2D eigenvalue weighted by atomic mass is 79.9. The van der Waals surface area contributed by atoms with Crippen LogP contribution in [0.25, 0.3) is 0 Å². The average molecular weight is 396 g/mol. The van der Waals surface area contributed by atoms with Crippen molar-refractivity contribution >= 4 is 37.3 Å². The molecular weight excluding hydrogens is 374 g/mol. The molecule has 0 unspecified atom stereocenters. The molecule has 0 radical (unpaired) electrons. The van der Waals surface area contributed by atoms with Crippen LogP contribution in [0.1, 0.15) is 43.4 Å². The number of ether oxygens (including phenoxy) is 1. The topological polar surface area (TPSA) is 55.4 Å². The van der Waals surface area contributed by atoms with Crippen LogP contribution in [0.2, 0.25) is 0 Å². The summed E-state index contributed by atoms with van der Waals surface area (Å²) in [4.78, 5) is 1.17. The van der Waals surface area contributed by atoms with Crippen molar-refractivity contribution in [2.75, 3.05) is 13.2 Å². The second-order valence-electron chi connectivity index (χ2n) is 5.35. The molecule has 4 nitrogen and oxygen atoms in total. The van der Waals surface area contributed by atoms with Crippen molar-refractivity contribution in [3.63, 3.8) is 0 Å². The zero-order chi connectivity index (χ0) is 15.3. The average Bonchev–Trinajstić information content (AvgIpc) is 2.79. The fourth-order valence-corrected chi connectivity index (χ4v) is 6.02. The van der Waals surface area contributed by atoms with Gasteiger partial charge in [0.05, 0.1) is 14.8 Å². The second-order valence-corrected chi connectivity index (χ2v) is 9.72. The summed E-state index contributed by atoms with van der Waals surface area (Å²) in [7, 11) is -3.40. The zero-order valence-electron chi connectivity index (χ0n) is 12.2. The number of aryl methyl sites for hydroxylation is 1. The van der Waals surface area contributed by atoms with Gasteiger partial charge >= 0.3 is 0 Å². The number of thiophene rings is 1. The van der Waals surface area contributed by atoms with Gasteiger partial charge in [0.15, 0.2) is 0 Å². The maximum absolute atomic E-state index is 12.2. The Balaban J connectivity index is 1.71. The van der Waals surface area contributed by atoms with Crippen LogP contribution in [-0.2, 0) is 14.8 Å². The predicted molar refractivity (Wildman–Crippen MR) is 89.4 cm³/mol. The van der Waals surface area contributed by atoms with Gasteiger partial charge in [0.25, 0.3) is 0 Å². The summed E-state index contributed by atoms with van der Waals surface area (Å²) in [5.74, 6) is 0. The minimum absolute atomic E-state index is 0.368. The molecule has 2 rings (SSSR count). The van der Waals surface area contributed by atoms with Crippen LogP contribution in [0.4, 0.5) is 0 Å². The monoisotopic (exact) mass is 395 g/mol. The normalized spacial score (nSPS) is 17.2. The molecule has 1 heterocycles. The molecule has 0 aromatic carbocycles. The SMILES string of the molecule is Cc1sc(Br)cc1S(=O)(=O)NCCCOC1CCCCC1. The number of hydrogen-bond donors (Lipinski definition) is 1.